The van der Waals surface area contributed by atoms with Gasteiger partial charge in [-0.2, -0.15) is 0 Å². The largest absolute Gasteiger partial charge is 0.448 e. The summed E-state index contributed by atoms with van der Waals surface area (Å²) in [6.45, 7) is 0.696. The SMILES string of the molecule is O=C(c1oc2ccncc2c1Nc1ccc(Br)cc1F)N1CC[C@@H](O)C1. The predicted molar refractivity (Wildman–Crippen MR) is 97.9 cm³/mol. The number of furan rings is 1. The van der Waals surface area contributed by atoms with E-state index in [0.717, 1.165) is 0 Å². The molecular formula is C18H15BrFN3O3. The van der Waals surface area contributed by atoms with Crippen LogP contribution in [0.1, 0.15) is 17.0 Å². The Morgan fingerprint density at radius 3 is 3.00 bits per heavy atom. The first-order chi connectivity index (χ1) is 12.5. The van der Waals surface area contributed by atoms with Crippen molar-refractivity contribution in [2.24, 2.45) is 0 Å². The van der Waals surface area contributed by atoms with Gasteiger partial charge in [0, 0.05) is 30.0 Å². The van der Waals surface area contributed by atoms with Gasteiger partial charge < -0.3 is 19.7 Å². The van der Waals surface area contributed by atoms with E-state index in [-0.39, 0.29) is 23.9 Å². The lowest BCUT2D eigenvalue weighted by Gasteiger charge is -2.15. The number of carbonyl (C=O) groups is 1. The van der Waals surface area contributed by atoms with Crippen molar-refractivity contribution in [2.75, 3.05) is 18.4 Å². The van der Waals surface area contributed by atoms with Crippen LogP contribution < -0.4 is 5.32 Å². The van der Waals surface area contributed by atoms with E-state index in [1.54, 1.807) is 30.6 Å². The molecule has 1 fully saturated rings. The van der Waals surface area contributed by atoms with Crippen LogP contribution in [0.15, 0.2) is 45.5 Å². The van der Waals surface area contributed by atoms with E-state index in [2.05, 4.69) is 26.2 Å². The zero-order chi connectivity index (χ0) is 18.3. The fourth-order valence-corrected chi connectivity index (χ4v) is 3.34. The van der Waals surface area contributed by atoms with Crippen molar-refractivity contribution in [2.45, 2.75) is 12.5 Å². The molecule has 0 spiro atoms. The Morgan fingerprint density at radius 1 is 1.42 bits per heavy atom. The quantitative estimate of drug-likeness (QED) is 0.676. The number of aliphatic hydroxyl groups excluding tert-OH is 1. The number of carbonyl (C=O) groups excluding carboxylic acids is 1. The Hall–Kier alpha value is -2.45. The summed E-state index contributed by atoms with van der Waals surface area (Å²) in [4.78, 5) is 18.5. The van der Waals surface area contributed by atoms with Gasteiger partial charge in [0.2, 0.25) is 5.76 Å². The molecule has 2 N–H and O–H groups in total. The highest BCUT2D eigenvalue weighted by atomic mass is 79.9. The molecule has 0 unspecified atom stereocenters. The van der Waals surface area contributed by atoms with E-state index >= 15 is 0 Å². The second-order valence-electron chi connectivity index (χ2n) is 6.12. The molecule has 8 heteroatoms. The summed E-state index contributed by atoms with van der Waals surface area (Å²) >= 11 is 3.22. The van der Waals surface area contributed by atoms with Crippen molar-refractivity contribution in [3.8, 4) is 0 Å². The Balaban J connectivity index is 1.78. The first-order valence-electron chi connectivity index (χ1n) is 8.09. The molecule has 3 aromatic rings. The highest BCUT2D eigenvalue weighted by Gasteiger charge is 2.30. The smallest absolute Gasteiger partial charge is 0.291 e. The molecular weight excluding hydrogens is 405 g/mol. The topological polar surface area (TPSA) is 78.6 Å². The number of nitrogens with zero attached hydrogens (tertiary/aromatic N) is 2. The van der Waals surface area contributed by atoms with Gasteiger partial charge in [0.25, 0.3) is 5.91 Å². The first kappa shape index (κ1) is 17.0. The first-order valence-corrected chi connectivity index (χ1v) is 8.88. The Kier molecular flexibility index (Phi) is 4.37. The third-order valence-corrected chi connectivity index (χ3v) is 4.82. The van der Waals surface area contributed by atoms with Crippen molar-refractivity contribution in [3.63, 3.8) is 0 Å². The summed E-state index contributed by atoms with van der Waals surface area (Å²) in [6, 6.07) is 6.25. The average Bonchev–Trinajstić information content (AvgIpc) is 3.21. The second-order valence-corrected chi connectivity index (χ2v) is 7.04. The normalized spacial score (nSPS) is 17.0. The third-order valence-electron chi connectivity index (χ3n) is 4.33. The van der Waals surface area contributed by atoms with Crippen LogP contribution >= 0.6 is 15.9 Å². The molecule has 1 amide bonds. The zero-order valence-electron chi connectivity index (χ0n) is 13.6. The monoisotopic (exact) mass is 419 g/mol. The maximum absolute atomic E-state index is 14.3. The molecule has 0 aliphatic carbocycles. The molecule has 1 saturated heterocycles. The molecule has 4 rings (SSSR count). The molecule has 134 valence electrons. The summed E-state index contributed by atoms with van der Waals surface area (Å²) in [6.07, 6.45) is 3.11. The number of anilines is 2. The van der Waals surface area contributed by atoms with Gasteiger partial charge in [0.1, 0.15) is 17.1 Å². The van der Waals surface area contributed by atoms with E-state index < -0.39 is 11.9 Å². The number of pyridine rings is 1. The highest BCUT2D eigenvalue weighted by Crippen LogP contribution is 2.35. The lowest BCUT2D eigenvalue weighted by atomic mass is 10.2. The van der Waals surface area contributed by atoms with Crippen LogP contribution in [-0.2, 0) is 0 Å². The van der Waals surface area contributed by atoms with E-state index in [4.69, 9.17) is 4.42 Å². The molecule has 0 bridgehead atoms. The molecule has 0 saturated carbocycles. The molecule has 6 nitrogen and oxygen atoms in total. The lowest BCUT2D eigenvalue weighted by molar-refractivity contribution is 0.0737. The highest BCUT2D eigenvalue weighted by molar-refractivity contribution is 9.10. The number of aromatic nitrogens is 1. The van der Waals surface area contributed by atoms with Crippen LogP contribution in [0, 0.1) is 5.82 Å². The number of halogens is 2. The Bertz CT molecular complexity index is 991. The number of likely N-dealkylation sites (tertiary alicyclic amines) is 1. The number of hydrogen-bond acceptors (Lipinski definition) is 5. The minimum Gasteiger partial charge on any atom is -0.448 e. The molecule has 26 heavy (non-hydrogen) atoms. The number of nitrogens with one attached hydrogen (secondary N) is 1. The maximum Gasteiger partial charge on any atom is 0.291 e. The fraction of sp³-hybridized carbons (Fsp3) is 0.222. The van der Waals surface area contributed by atoms with Gasteiger partial charge in [-0.1, -0.05) is 15.9 Å². The zero-order valence-corrected chi connectivity index (χ0v) is 15.2. The Morgan fingerprint density at radius 2 is 2.27 bits per heavy atom. The summed E-state index contributed by atoms with van der Waals surface area (Å²) in [5, 5.41) is 13.2. The molecule has 2 aromatic heterocycles. The van der Waals surface area contributed by atoms with Crippen molar-refractivity contribution in [3.05, 3.63) is 52.7 Å². The second kappa shape index (κ2) is 6.69. The van der Waals surface area contributed by atoms with Gasteiger partial charge in [-0.05, 0) is 30.7 Å². The standard InChI is InChI=1S/C18H15BrFN3O3/c19-10-1-2-14(13(20)7-10)22-16-12-8-21-5-3-15(12)26-17(16)18(25)23-6-4-11(24)9-23/h1-3,5,7-8,11,22,24H,4,6,9H2/t11-/m1/s1. The molecule has 1 atom stereocenters. The minimum atomic E-state index is -0.537. The molecule has 0 radical (unpaired) electrons. The van der Waals surface area contributed by atoms with Gasteiger partial charge >= 0.3 is 0 Å². The molecule has 1 aliphatic rings. The van der Waals surface area contributed by atoms with Gasteiger partial charge in [-0.25, -0.2) is 4.39 Å². The summed E-state index contributed by atoms with van der Waals surface area (Å²) in [5.41, 5.74) is 1.05. The number of rotatable bonds is 3. The number of benzene rings is 1. The summed E-state index contributed by atoms with van der Waals surface area (Å²) in [7, 11) is 0. The van der Waals surface area contributed by atoms with Crippen LogP contribution in [-0.4, -0.2) is 40.1 Å². The van der Waals surface area contributed by atoms with Gasteiger partial charge in [-0.15, -0.1) is 0 Å². The minimum absolute atomic E-state index is 0.0735. The van der Waals surface area contributed by atoms with Crippen LogP contribution in [0.4, 0.5) is 15.8 Å². The maximum atomic E-state index is 14.3. The number of β-amino-alcohol motifs (C(OH)–C–C–N with tert-alkyl or cyclic N) is 1. The number of amides is 1. The van der Waals surface area contributed by atoms with Crippen molar-refractivity contribution in [1.29, 1.82) is 0 Å². The van der Waals surface area contributed by atoms with Crippen LogP contribution in [0.2, 0.25) is 0 Å². The average molecular weight is 420 g/mol. The summed E-state index contributed by atoms with van der Waals surface area (Å²) in [5.74, 6) is -0.741. The summed E-state index contributed by atoms with van der Waals surface area (Å²) < 4.78 is 20.6. The predicted octanol–water partition coefficient (Wildman–Crippen LogP) is 3.68. The molecule has 1 aliphatic heterocycles. The number of fused-ring (bicyclic) bond motifs is 1. The van der Waals surface area contributed by atoms with Crippen LogP contribution in [0.5, 0.6) is 0 Å². The number of aliphatic hydroxyl groups is 1. The van der Waals surface area contributed by atoms with E-state index in [0.29, 0.717) is 34.1 Å². The van der Waals surface area contributed by atoms with E-state index in [9.17, 15) is 14.3 Å². The fourth-order valence-electron chi connectivity index (χ4n) is 3.01. The molecule has 3 heterocycles. The van der Waals surface area contributed by atoms with Crippen molar-refractivity contribution >= 4 is 44.2 Å². The van der Waals surface area contributed by atoms with Gasteiger partial charge in [0.15, 0.2) is 0 Å². The van der Waals surface area contributed by atoms with E-state index in [1.165, 1.54) is 11.0 Å². The van der Waals surface area contributed by atoms with Crippen LogP contribution in [0.25, 0.3) is 11.0 Å². The van der Waals surface area contributed by atoms with E-state index in [1.807, 2.05) is 0 Å². The van der Waals surface area contributed by atoms with Crippen LogP contribution in [0.3, 0.4) is 0 Å². The lowest BCUT2D eigenvalue weighted by Crippen LogP contribution is -2.29. The van der Waals surface area contributed by atoms with Gasteiger partial charge in [0.05, 0.1) is 17.2 Å². The molecule has 1 aromatic carbocycles. The Labute approximate surface area is 156 Å². The van der Waals surface area contributed by atoms with Crippen molar-refractivity contribution in [1.82, 2.24) is 9.88 Å². The third kappa shape index (κ3) is 3.06. The van der Waals surface area contributed by atoms with Gasteiger partial charge in [-0.3, -0.25) is 9.78 Å². The number of hydrogen-bond donors (Lipinski definition) is 2. The van der Waals surface area contributed by atoms with Crippen molar-refractivity contribution < 1.29 is 18.7 Å².